The summed E-state index contributed by atoms with van der Waals surface area (Å²) in [6, 6.07) is 0.0969. The van der Waals surface area contributed by atoms with Gasteiger partial charge in [-0.3, -0.25) is 0 Å². The monoisotopic (exact) mass is 306 g/mol. The number of carbonyl (C=O) groups is 1. The second-order valence-electron chi connectivity index (χ2n) is 6.36. The first-order valence-corrected chi connectivity index (χ1v) is 8.69. The normalized spacial score (nSPS) is 18.5. The Labute approximate surface area is 134 Å². The second-order valence-corrected chi connectivity index (χ2v) is 6.36. The molecule has 124 valence electrons. The third-order valence-electron chi connectivity index (χ3n) is 4.39. The summed E-state index contributed by atoms with van der Waals surface area (Å²) in [5, 5.41) is 2.99. The van der Waals surface area contributed by atoms with Crippen LogP contribution < -0.4 is 5.32 Å². The van der Waals surface area contributed by atoms with Gasteiger partial charge in [0.05, 0.1) is 0 Å². The smallest absolute Gasteiger partial charge is 0.317 e. The topological polar surface area (TPSA) is 50.2 Å². The summed E-state index contributed by atoms with van der Waals surface area (Å²) in [5.41, 5.74) is 1.24. The van der Waals surface area contributed by atoms with Crippen LogP contribution in [0.3, 0.4) is 0 Å². The van der Waals surface area contributed by atoms with Crippen LogP contribution in [0.5, 0.6) is 0 Å². The van der Waals surface area contributed by atoms with Crippen molar-refractivity contribution in [3.63, 3.8) is 0 Å². The molecule has 5 nitrogen and oxygen atoms in total. The number of aryl methyl sites for hydroxylation is 1. The van der Waals surface area contributed by atoms with Crippen LogP contribution in [0.1, 0.15) is 51.0 Å². The molecule has 1 N–H and O–H groups in total. The van der Waals surface area contributed by atoms with Crippen LogP contribution in [0.4, 0.5) is 4.79 Å². The quantitative estimate of drug-likeness (QED) is 0.878. The van der Waals surface area contributed by atoms with E-state index in [-0.39, 0.29) is 6.03 Å². The number of carbonyl (C=O) groups excluding carboxylic acids is 1. The van der Waals surface area contributed by atoms with Gasteiger partial charge < -0.3 is 14.8 Å². The van der Waals surface area contributed by atoms with Crippen molar-refractivity contribution in [3.8, 4) is 0 Å². The third-order valence-corrected chi connectivity index (χ3v) is 4.39. The van der Waals surface area contributed by atoms with Gasteiger partial charge in [-0.05, 0) is 38.5 Å². The average Bonchev–Trinajstić information content (AvgIpc) is 2.86. The molecule has 0 aromatic carbocycles. The van der Waals surface area contributed by atoms with Crippen molar-refractivity contribution in [2.75, 3.05) is 19.6 Å². The molecule has 1 fully saturated rings. The summed E-state index contributed by atoms with van der Waals surface area (Å²) < 4.78 is 2.33. The van der Waals surface area contributed by atoms with E-state index in [1.165, 1.54) is 17.9 Å². The summed E-state index contributed by atoms with van der Waals surface area (Å²) in [6.07, 6.45) is 7.34. The van der Waals surface area contributed by atoms with Crippen LogP contribution in [0, 0.1) is 12.8 Å². The van der Waals surface area contributed by atoms with E-state index >= 15 is 0 Å². The number of amides is 2. The molecule has 1 aliphatic rings. The van der Waals surface area contributed by atoms with Crippen LogP contribution in [-0.2, 0) is 13.0 Å². The standard InChI is InChI=1S/C17H30N4O/c1-4-8-18-17(22)20-10-6-7-15(13-20)11-16-19-12-14(3)21(16)9-5-2/h12,15H,4-11,13H2,1-3H3,(H,18,22). The predicted octanol–water partition coefficient (Wildman–Crippen LogP) is 2.98. The molecule has 1 atom stereocenters. The molecule has 2 amide bonds. The van der Waals surface area contributed by atoms with Crippen molar-refractivity contribution in [1.82, 2.24) is 19.8 Å². The number of hydrogen-bond acceptors (Lipinski definition) is 2. The Bertz CT molecular complexity index is 483. The van der Waals surface area contributed by atoms with Crippen molar-refractivity contribution in [3.05, 3.63) is 17.7 Å². The molecule has 0 saturated carbocycles. The molecule has 1 aromatic heterocycles. The van der Waals surface area contributed by atoms with E-state index in [0.29, 0.717) is 5.92 Å². The Kier molecular flexibility index (Phi) is 6.28. The molecule has 1 unspecified atom stereocenters. The van der Waals surface area contributed by atoms with Crippen LogP contribution in [0.15, 0.2) is 6.20 Å². The maximum Gasteiger partial charge on any atom is 0.317 e. The fourth-order valence-electron chi connectivity index (χ4n) is 3.22. The summed E-state index contributed by atoms with van der Waals surface area (Å²) in [5.74, 6) is 1.71. The number of nitrogens with one attached hydrogen (secondary N) is 1. The zero-order valence-corrected chi connectivity index (χ0v) is 14.3. The van der Waals surface area contributed by atoms with Crippen molar-refractivity contribution < 1.29 is 4.79 Å². The minimum atomic E-state index is 0.0969. The Hall–Kier alpha value is -1.52. The van der Waals surface area contributed by atoms with Gasteiger partial charge in [-0.1, -0.05) is 13.8 Å². The summed E-state index contributed by atoms with van der Waals surface area (Å²) >= 11 is 0. The van der Waals surface area contributed by atoms with Gasteiger partial charge in [0, 0.05) is 44.5 Å². The SMILES string of the molecule is CCCNC(=O)N1CCCC(Cc2ncc(C)n2CCC)C1. The van der Waals surface area contributed by atoms with Gasteiger partial charge in [-0.2, -0.15) is 0 Å². The first-order chi connectivity index (χ1) is 10.7. The molecule has 0 bridgehead atoms. The minimum absolute atomic E-state index is 0.0969. The predicted molar refractivity (Wildman–Crippen MR) is 88.9 cm³/mol. The Morgan fingerprint density at radius 3 is 2.95 bits per heavy atom. The summed E-state index contributed by atoms with van der Waals surface area (Å²) in [4.78, 5) is 18.7. The lowest BCUT2D eigenvalue weighted by molar-refractivity contribution is 0.164. The molecule has 0 radical (unpaired) electrons. The van der Waals surface area contributed by atoms with Gasteiger partial charge in [-0.15, -0.1) is 0 Å². The lowest BCUT2D eigenvalue weighted by atomic mass is 9.94. The van der Waals surface area contributed by atoms with E-state index in [1.54, 1.807) is 0 Å². The van der Waals surface area contributed by atoms with E-state index in [1.807, 2.05) is 11.1 Å². The summed E-state index contributed by atoms with van der Waals surface area (Å²) in [7, 11) is 0. The van der Waals surface area contributed by atoms with Gasteiger partial charge >= 0.3 is 6.03 Å². The molecule has 1 aliphatic heterocycles. The average molecular weight is 306 g/mol. The first-order valence-electron chi connectivity index (χ1n) is 8.69. The van der Waals surface area contributed by atoms with Gasteiger partial charge in [0.15, 0.2) is 0 Å². The fraction of sp³-hybridized carbons (Fsp3) is 0.765. The molecular formula is C17H30N4O. The van der Waals surface area contributed by atoms with Crippen molar-refractivity contribution in [1.29, 1.82) is 0 Å². The van der Waals surface area contributed by atoms with Crippen molar-refractivity contribution in [2.45, 2.75) is 59.4 Å². The number of nitrogens with zero attached hydrogens (tertiary/aromatic N) is 3. The molecule has 2 heterocycles. The number of hydrogen-bond donors (Lipinski definition) is 1. The van der Waals surface area contributed by atoms with E-state index in [0.717, 1.165) is 51.9 Å². The van der Waals surface area contributed by atoms with Gasteiger partial charge in [0.1, 0.15) is 5.82 Å². The lowest BCUT2D eigenvalue weighted by Crippen LogP contribution is -2.46. The van der Waals surface area contributed by atoms with Crippen LogP contribution in [0.2, 0.25) is 0 Å². The molecule has 1 aromatic rings. The summed E-state index contributed by atoms with van der Waals surface area (Å²) in [6.45, 7) is 9.94. The van der Waals surface area contributed by atoms with Gasteiger partial charge in [-0.25, -0.2) is 9.78 Å². The maximum atomic E-state index is 12.1. The Morgan fingerprint density at radius 2 is 2.23 bits per heavy atom. The number of imidazole rings is 1. The number of piperidine rings is 1. The fourth-order valence-corrected chi connectivity index (χ4v) is 3.22. The van der Waals surface area contributed by atoms with Crippen molar-refractivity contribution >= 4 is 6.03 Å². The highest BCUT2D eigenvalue weighted by atomic mass is 16.2. The zero-order chi connectivity index (χ0) is 15.9. The van der Waals surface area contributed by atoms with Gasteiger partial charge in [0.2, 0.25) is 0 Å². The third kappa shape index (κ3) is 4.24. The highest BCUT2D eigenvalue weighted by Crippen LogP contribution is 2.21. The van der Waals surface area contributed by atoms with E-state index in [4.69, 9.17) is 0 Å². The molecule has 5 heteroatoms. The number of aromatic nitrogens is 2. The van der Waals surface area contributed by atoms with E-state index < -0.39 is 0 Å². The molecule has 22 heavy (non-hydrogen) atoms. The number of urea groups is 1. The van der Waals surface area contributed by atoms with E-state index in [2.05, 4.69) is 35.6 Å². The molecule has 0 spiro atoms. The number of likely N-dealkylation sites (tertiary alicyclic amines) is 1. The van der Waals surface area contributed by atoms with Crippen LogP contribution >= 0.6 is 0 Å². The second kappa shape index (κ2) is 8.20. The Balaban J connectivity index is 1.94. The van der Waals surface area contributed by atoms with Crippen LogP contribution in [0.25, 0.3) is 0 Å². The van der Waals surface area contributed by atoms with E-state index in [9.17, 15) is 4.79 Å². The van der Waals surface area contributed by atoms with Gasteiger partial charge in [0.25, 0.3) is 0 Å². The Morgan fingerprint density at radius 1 is 1.41 bits per heavy atom. The molecular weight excluding hydrogens is 276 g/mol. The van der Waals surface area contributed by atoms with Crippen molar-refractivity contribution in [2.24, 2.45) is 5.92 Å². The number of rotatable bonds is 6. The molecule has 2 rings (SSSR count). The first kappa shape index (κ1) is 16.8. The molecule has 0 aliphatic carbocycles. The highest BCUT2D eigenvalue weighted by molar-refractivity contribution is 5.74. The highest BCUT2D eigenvalue weighted by Gasteiger charge is 2.24. The van der Waals surface area contributed by atoms with Crippen LogP contribution in [-0.4, -0.2) is 40.1 Å². The maximum absolute atomic E-state index is 12.1. The minimum Gasteiger partial charge on any atom is -0.338 e. The molecule has 1 saturated heterocycles. The largest absolute Gasteiger partial charge is 0.338 e. The zero-order valence-electron chi connectivity index (χ0n) is 14.3. The lowest BCUT2D eigenvalue weighted by Gasteiger charge is -2.32.